The number of amides is 1. The number of rotatable bonds is 5. The summed E-state index contributed by atoms with van der Waals surface area (Å²) in [6.07, 6.45) is 0. The van der Waals surface area contributed by atoms with E-state index < -0.39 is 0 Å². The van der Waals surface area contributed by atoms with E-state index in [1.165, 1.54) is 11.3 Å². The van der Waals surface area contributed by atoms with E-state index in [1.54, 1.807) is 6.07 Å². The van der Waals surface area contributed by atoms with E-state index in [0.29, 0.717) is 5.56 Å². The predicted molar refractivity (Wildman–Crippen MR) is 138 cm³/mol. The number of halogens is 1. The lowest BCUT2D eigenvalue weighted by Crippen LogP contribution is -2.45. The lowest BCUT2D eigenvalue weighted by Gasteiger charge is -2.36. The summed E-state index contributed by atoms with van der Waals surface area (Å²) in [4.78, 5) is 17.3. The second-order valence-electron chi connectivity index (χ2n) is 7.68. The molecule has 0 aliphatic carbocycles. The van der Waals surface area contributed by atoms with Gasteiger partial charge in [-0.25, -0.2) is 0 Å². The topological polar surface area (TPSA) is 47.6 Å². The molecule has 1 saturated heterocycles. The molecule has 0 aromatic heterocycles. The SMILES string of the molecule is O=C(NC(=S)Nc1ccc(N2CCN(Cc3ccccc3)CC2)cc1)c1ccccc1Br. The van der Waals surface area contributed by atoms with E-state index >= 15 is 0 Å². The van der Waals surface area contributed by atoms with Gasteiger partial charge in [0.05, 0.1) is 5.56 Å². The summed E-state index contributed by atoms with van der Waals surface area (Å²) in [5, 5.41) is 6.08. The van der Waals surface area contributed by atoms with Gasteiger partial charge in [0.1, 0.15) is 0 Å². The number of hydrogen-bond acceptors (Lipinski definition) is 4. The molecule has 3 aromatic rings. The van der Waals surface area contributed by atoms with Crippen LogP contribution in [0.3, 0.4) is 0 Å². The zero-order valence-corrected chi connectivity index (χ0v) is 20.0. The maximum Gasteiger partial charge on any atom is 0.258 e. The van der Waals surface area contributed by atoms with Gasteiger partial charge >= 0.3 is 0 Å². The van der Waals surface area contributed by atoms with Crippen LogP contribution in [-0.2, 0) is 6.54 Å². The van der Waals surface area contributed by atoms with Gasteiger partial charge in [0.25, 0.3) is 5.91 Å². The highest BCUT2D eigenvalue weighted by Crippen LogP contribution is 2.20. The first kappa shape index (κ1) is 22.5. The van der Waals surface area contributed by atoms with Crippen LogP contribution in [0.5, 0.6) is 0 Å². The van der Waals surface area contributed by atoms with Gasteiger partial charge in [0.15, 0.2) is 5.11 Å². The Balaban J connectivity index is 1.26. The van der Waals surface area contributed by atoms with Gasteiger partial charge in [-0.1, -0.05) is 42.5 Å². The van der Waals surface area contributed by atoms with Gasteiger partial charge in [-0.3, -0.25) is 15.0 Å². The Morgan fingerprint density at radius 1 is 0.875 bits per heavy atom. The first-order chi connectivity index (χ1) is 15.6. The van der Waals surface area contributed by atoms with Crippen molar-refractivity contribution in [1.29, 1.82) is 0 Å². The number of anilines is 2. The zero-order chi connectivity index (χ0) is 22.3. The van der Waals surface area contributed by atoms with Gasteiger partial charge in [0, 0.05) is 48.6 Å². The monoisotopic (exact) mass is 508 g/mol. The number of piperazine rings is 1. The highest BCUT2D eigenvalue weighted by atomic mass is 79.9. The van der Waals surface area contributed by atoms with Gasteiger partial charge in [0.2, 0.25) is 0 Å². The second kappa shape index (κ2) is 10.7. The summed E-state index contributed by atoms with van der Waals surface area (Å²) < 4.78 is 0.730. The van der Waals surface area contributed by atoms with Crippen molar-refractivity contribution >= 4 is 50.5 Å². The summed E-state index contributed by atoms with van der Waals surface area (Å²) in [5.74, 6) is -0.250. The van der Waals surface area contributed by atoms with E-state index in [-0.39, 0.29) is 11.0 Å². The molecule has 1 aliphatic heterocycles. The average molecular weight is 509 g/mol. The Labute approximate surface area is 202 Å². The van der Waals surface area contributed by atoms with Crippen molar-refractivity contribution in [3.05, 3.63) is 94.5 Å². The van der Waals surface area contributed by atoms with Gasteiger partial charge < -0.3 is 10.2 Å². The largest absolute Gasteiger partial charge is 0.369 e. The molecule has 0 unspecified atom stereocenters. The normalized spacial score (nSPS) is 14.1. The Morgan fingerprint density at radius 2 is 1.53 bits per heavy atom. The fourth-order valence-electron chi connectivity index (χ4n) is 3.74. The maximum absolute atomic E-state index is 12.4. The van der Waals surface area contributed by atoms with E-state index in [0.717, 1.165) is 42.9 Å². The summed E-state index contributed by atoms with van der Waals surface area (Å²) >= 11 is 8.69. The average Bonchev–Trinajstić information content (AvgIpc) is 2.81. The molecule has 4 rings (SSSR count). The molecule has 0 atom stereocenters. The van der Waals surface area contributed by atoms with Gasteiger partial charge in [-0.2, -0.15) is 0 Å². The zero-order valence-electron chi connectivity index (χ0n) is 17.6. The molecule has 1 fully saturated rings. The second-order valence-corrected chi connectivity index (χ2v) is 8.95. The number of thiocarbonyl (C=S) groups is 1. The van der Waals surface area contributed by atoms with Crippen LogP contribution in [-0.4, -0.2) is 42.1 Å². The molecule has 2 N–H and O–H groups in total. The fraction of sp³-hybridized carbons (Fsp3) is 0.200. The standard InChI is InChI=1S/C25H25BrN4OS/c26-23-9-5-4-8-22(23)24(31)28-25(32)27-20-10-12-21(13-11-20)30-16-14-29(15-17-30)18-19-6-2-1-3-7-19/h1-13H,14-18H2,(H2,27,28,31,32). The molecule has 0 radical (unpaired) electrons. The van der Waals surface area contributed by atoms with Crippen molar-refractivity contribution in [2.24, 2.45) is 0 Å². The third-order valence-electron chi connectivity index (χ3n) is 5.46. The van der Waals surface area contributed by atoms with Crippen molar-refractivity contribution in [2.45, 2.75) is 6.54 Å². The van der Waals surface area contributed by atoms with Gasteiger partial charge in [-0.05, 0) is 70.1 Å². The number of carbonyl (C=O) groups excluding carboxylic acids is 1. The van der Waals surface area contributed by atoms with Crippen molar-refractivity contribution < 1.29 is 4.79 Å². The number of nitrogens with one attached hydrogen (secondary N) is 2. The lowest BCUT2D eigenvalue weighted by molar-refractivity contribution is 0.0977. The molecule has 5 nitrogen and oxygen atoms in total. The summed E-state index contributed by atoms with van der Waals surface area (Å²) in [6.45, 7) is 5.08. The predicted octanol–water partition coefficient (Wildman–Crippen LogP) is 4.90. The molecule has 1 heterocycles. The summed E-state index contributed by atoms with van der Waals surface area (Å²) in [6, 6.07) is 26.0. The maximum atomic E-state index is 12.4. The molecule has 164 valence electrons. The summed E-state index contributed by atoms with van der Waals surface area (Å²) in [5.41, 5.74) is 3.93. The van der Waals surface area contributed by atoms with E-state index in [9.17, 15) is 4.79 Å². The molecule has 1 amide bonds. The summed E-state index contributed by atoms with van der Waals surface area (Å²) in [7, 11) is 0. The Morgan fingerprint density at radius 3 is 2.22 bits per heavy atom. The van der Waals surface area contributed by atoms with Crippen LogP contribution >= 0.6 is 28.1 Å². The first-order valence-electron chi connectivity index (χ1n) is 10.6. The van der Waals surface area contributed by atoms with Crippen LogP contribution in [0.1, 0.15) is 15.9 Å². The molecule has 1 aliphatic rings. The van der Waals surface area contributed by atoms with E-state index in [2.05, 4.69) is 78.8 Å². The van der Waals surface area contributed by atoms with Crippen molar-refractivity contribution in [1.82, 2.24) is 10.2 Å². The molecule has 0 bridgehead atoms. The molecule has 7 heteroatoms. The minimum absolute atomic E-state index is 0.250. The Bertz CT molecular complexity index is 1070. The molecular weight excluding hydrogens is 484 g/mol. The van der Waals surface area contributed by atoms with Crippen LogP contribution < -0.4 is 15.5 Å². The number of carbonyl (C=O) groups is 1. The minimum Gasteiger partial charge on any atom is -0.369 e. The number of benzene rings is 3. The highest BCUT2D eigenvalue weighted by Gasteiger charge is 2.17. The lowest BCUT2D eigenvalue weighted by atomic mass is 10.2. The van der Waals surface area contributed by atoms with Crippen molar-refractivity contribution in [2.75, 3.05) is 36.4 Å². The van der Waals surface area contributed by atoms with E-state index in [1.807, 2.05) is 30.3 Å². The first-order valence-corrected chi connectivity index (χ1v) is 11.8. The quantitative estimate of drug-likeness (QED) is 0.480. The van der Waals surface area contributed by atoms with Crippen LogP contribution in [0, 0.1) is 0 Å². The van der Waals surface area contributed by atoms with E-state index in [4.69, 9.17) is 12.2 Å². The third kappa shape index (κ3) is 5.94. The molecule has 0 spiro atoms. The van der Waals surface area contributed by atoms with Gasteiger partial charge in [-0.15, -0.1) is 0 Å². The molecular formula is C25H25BrN4OS. The minimum atomic E-state index is -0.250. The van der Waals surface area contributed by atoms with Crippen LogP contribution in [0.25, 0.3) is 0 Å². The third-order valence-corrected chi connectivity index (χ3v) is 6.35. The van der Waals surface area contributed by atoms with Crippen LogP contribution in [0.2, 0.25) is 0 Å². The Kier molecular flexibility index (Phi) is 7.52. The highest BCUT2D eigenvalue weighted by molar-refractivity contribution is 9.10. The van der Waals surface area contributed by atoms with Crippen LogP contribution in [0.15, 0.2) is 83.3 Å². The van der Waals surface area contributed by atoms with Crippen molar-refractivity contribution in [3.8, 4) is 0 Å². The van der Waals surface area contributed by atoms with Crippen molar-refractivity contribution in [3.63, 3.8) is 0 Å². The Hall–Kier alpha value is -2.74. The van der Waals surface area contributed by atoms with Crippen LogP contribution in [0.4, 0.5) is 11.4 Å². The number of hydrogen-bond donors (Lipinski definition) is 2. The molecule has 0 saturated carbocycles. The number of nitrogens with zero attached hydrogens (tertiary/aromatic N) is 2. The fourth-order valence-corrected chi connectivity index (χ4v) is 4.41. The smallest absolute Gasteiger partial charge is 0.258 e. The molecule has 32 heavy (non-hydrogen) atoms. The molecule has 3 aromatic carbocycles.